The maximum Gasteiger partial charge on any atom is 0.240 e. The number of piperidine rings is 1. The molecule has 1 atom stereocenters. The molecule has 1 aliphatic rings. The molecule has 24 heavy (non-hydrogen) atoms. The predicted octanol–water partition coefficient (Wildman–Crippen LogP) is 1.75. The van der Waals surface area contributed by atoms with Crippen molar-refractivity contribution >= 4 is 23.4 Å². The van der Waals surface area contributed by atoms with E-state index in [1.54, 1.807) is 28.8 Å². The Morgan fingerprint density at radius 2 is 2.33 bits per heavy atom. The summed E-state index contributed by atoms with van der Waals surface area (Å²) in [5.74, 6) is -0.392. The van der Waals surface area contributed by atoms with Crippen LogP contribution in [-0.2, 0) is 16.1 Å². The van der Waals surface area contributed by atoms with Crippen LogP contribution in [0.4, 0.5) is 10.1 Å². The van der Waals surface area contributed by atoms with Crippen molar-refractivity contribution in [3.63, 3.8) is 0 Å². The first kappa shape index (κ1) is 16.8. The fraction of sp³-hybridized carbons (Fsp3) is 0.467. The molecule has 0 radical (unpaired) electrons. The number of carbonyl (C=O) groups excluding carboxylic acids is 1. The molecule has 9 heteroatoms. The second-order valence-electron chi connectivity index (χ2n) is 5.40. The molecule has 3 rings (SSSR count). The lowest BCUT2D eigenvalue weighted by molar-refractivity contribution is -0.119. The predicted molar refractivity (Wildman–Crippen MR) is 87.3 cm³/mol. The van der Waals surface area contributed by atoms with Crippen molar-refractivity contribution < 1.29 is 13.9 Å². The van der Waals surface area contributed by atoms with Crippen LogP contribution in [0.15, 0.2) is 29.4 Å². The molecule has 1 saturated heterocycles. The molecular weight excluding hydrogens is 333 g/mol. The quantitative estimate of drug-likeness (QED) is 0.789. The Kier molecular flexibility index (Phi) is 5.41. The minimum absolute atomic E-state index is 0.0434. The van der Waals surface area contributed by atoms with Gasteiger partial charge < -0.3 is 9.64 Å². The van der Waals surface area contributed by atoms with Gasteiger partial charge in [-0.1, -0.05) is 17.8 Å². The maximum atomic E-state index is 13.4. The molecule has 128 valence electrons. The van der Waals surface area contributed by atoms with Gasteiger partial charge in [0.2, 0.25) is 11.1 Å². The Bertz CT molecular complexity index is 711. The number of benzene rings is 1. The standard InChI is InChI=1S/C15H18FN5O2S/c1-23-9-8-21-15(17-18-19-21)24-13-6-3-7-20(14(13)22)12-5-2-4-11(16)10-12/h2,4-5,10,13H,3,6-9H2,1H3. The van der Waals surface area contributed by atoms with E-state index < -0.39 is 0 Å². The van der Waals surface area contributed by atoms with Crippen LogP contribution >= 0.6 is 11.8 Å². The Hall–Kier alpha value is -2.00. The van der Waals surface area contributed by atoms with E-state index in [9.17, 15) is 9.18 Å². The van der Waals surface area contributed by atoms with Crippen LogP contribution in [0.3, 0.4) is 0 Å². The Balaban J connectivity index is 1.73. The van der Waals surface area contributed by atoms with E-state index in [1.165, 1.54) is 23.9 Å². The highest BCUT2D eigenvalue weighted by Crippen LogP contribution is 2.31. The number of nitrogens with zero attached hydrogens (tertiary/aromatic N) is 5. The van der Waals surface area contributed by atoms with Crippen molar-refractivity contribution in [2.75, 3.05) is 25.2 Å². The van der Waals surface area contributed by atoms with Crippen LogP contribution in [0.1, 0.15) is 12.8 Å². The SMILES string of the molecule is COCCn1nnnc1SC1CCCN(c2cccc(F)c2)C1=O. The third-order valence-corrected chi connectivity index (χ3v) is 4.99. The smallest absolute Gasteiger partial charge is 0.240 e. The van der Waals surface area contributed by atoms with E-state index in [1.807, 2.05) is 0 Å². The summed E-state index contributed by atoms with van der Waals surface area (Å²) < 4.78 is 20.1. The number of aromatic nitrogens is 4. The van der Waals surface area contributed by atoms with E-state index in [0.29, 0.717) is 30.5 Å². The number of ether oxygens (including phenoxy) is 1. The van der Waals surface area contributed by atoms with Gasteiger partial charge in [-0.25, -0.2) is 9.07 Å². The monoisotopic (exact) mass is 351 g/mol. The van der Waals surface area contributed by atoms with E-state index >= 15 is 0 Å². The van der Waals surface area contributed by atoms with Crippen molar-refractivity contribution in [1.82, 2.24) is 20.2 Å². The molecule has 0 N–H and O–H groups in total. The number of anilines is 1. The first-order chi connectivity index (χ1) is 11.7. The molecule has 1 amide bonds. The summed E-state index contributed by atoms with van der Waals surface area (Å²) in [6.45, 7) is 1.61. The van der Waals surface area contributed by atoms with Crippen LogP contribution in [0.2, 0.25) is 0 Å². The van der Waals surface area contributed by atoms with Gasteiger partial charge in [0.05, 0.1) is 18.4 Å². The van der Waals surface area contributed by atoms with Crippen LogP contribution in [0.5, 0.6) is 0 Å². The van der Waals surface area contributed by atoms with Crippen LogP contribution in [0, 0.1) is 5.82 Å². The largest absolute Gasteiger partial charge is 0.383 e. The average Bonchev–Trinajstić information content (AvgIpc) is 3.02. The normalized spacial score (nSPS) is 18.2. The zero-order chi connectivity index (χ0) is 16.9. The van der Waals surface area contributed by atoms with Crippen molar-refractivity contribution in [3.8, 4) is 0 Å². The Morgan fingerprint density at radius 1 is 1.46 bits per heavy atom. The van der Waals surface area contributed by atoms with Gasteiger partial charge in [0.15, 0.2) is 0 Å². The highest BCUT2D eigenvalue weighted by Gasteiger charge is 2.32. The summed E-state index contributed by atoms with van der Waals surface area (Å²) in [6, 6.07) is 6.11. The van der Waals surface area contributed by atoms with Gasteiger partial charge in [0.25, 0.3) is 0 Å². The second kappa shape index (κ2) is 7.71. The van der Waals surface area contributed by atoms with E-state index in [-0.39, 0.29) is 17.0 Å². The molecule has 1 aromatic heterocycles. The van der Waals surface area contributed by atoms with Gasteiger partial charge in [-0.2, -0.15) is 0 Å². The molecule has 1 aliphatic heterocycles. The number of carbonyl (C=O) groups is 1. The van der Waals surface area contributed by atoms with Gasteiger partial charge in [0.1, 0.15) is 5.82 Å². The van der Waals surface area contributed by atoms with Crippen molar-refractivity contribution in [2.45, 2.75) is 29.8 Å². The van der Waals surface area contributed by atoms with Crippen LogP contribution in [0.25, 0.3) is 0 Å². The molecule has 2 heterocycles. The Morgan fingerprint density at radius 3 is 3.12 bits per heavy atom. The van der Waals surface area contributed by atoms with Gasteiger partial charge in [0, 0.05) is 19.3 Å². The number of hydrogen-bond donors (Lipinski definition) is 0. The summed E-state index contributed by atoms with van der Waals surface area (Å²) in [4.78, 5) is 14.4. The van der Waals surface area contributed by atoms with Gasteiger partial charge in [-0.15, -0.1) is 5.10 Å². The van der Waals surface area contributed by atoms with Gasteiger partial charge >= 0.3 is 0 Å². The van der Waals surface area contributed by atoms with Gasteiger partial charge in [-0.05, 0) is 41.5 Å². The van der Waals surface area contributed by atoms with Crippen LogP contribution in [-0.4, -0.2) is 51.6 Å². The van der Waals surface area contributed by atoms with Crippen LogP contribution < -0.4 is 4.90 Å². The first-order valence-electron chi connectivity index (χ1n) is 7.68. The topological polar surface area (TPSA) is 73.1 Å². The molecule has 0 spiro atoms. The number of hydrogen-bond acceptors (Lipinski definition) is 6. The second-order valence-corrected chi connectivity index (χ2v) is 6.57. The molecule has 1 aromatic carbocycles. The van der Waals surface area contributed by atoms with E-state index in [2.05, 4.69) is 15.5 Å². The fourth-order valence-electron chi connectivity index (χ4n) is 2.58. The molecule has 0 aliphatic carbocycles. The number of methoxy groups -OCH3 is 1. The lowest BCUT2D eigenvalue weighted by Gasteiger charge is -2.31. The summed E-state index contributed by atoms with van der Waals surface area (Å²) >= 11 is 1.35. The molecule has 1 unspecified atom stereocenters. The lowest BCUT2D eigenvalue weighted by atomic mass is 10.1. The molecule has 0 saturated carbocycles. The number of rotatable bonds is 6. The summed E-state index contributed by atoms with van der Waals surface area (Å²) in [5, 5.41) is 11.9. The highest BCUT2D eigenvalue weighted by molar-refractivity contribution is 8.00. The fourth-order valence-corrected chi connectivity index (χ4v) is 3.68. The minimum Gasteiger partial charge on any atom is -0.383 e. The zero-order valence-corrected chi connectivity index (χ0v) is 14.1. The Labute approximate surface area is 143 Å². The number of thioether (sulfide) groups is 1. The summed E-state index contributed by atoms with van der Waals surface area (Å²) in [5.41, 5.74) is 0.587. The number of halogens is 1. The summed E-state index contributed by atoms with van der Waals surface area (Å²) in [6.07, 6.45) is 1.59. The zero-order valence-electron chi connectivity index (χ0n) is 13.3. The lowest BCUT2D eigenvalue weighted by Crippen LogP contribution is -2.43. The van der Waals surface area contributed by atoms with E-state index in [4.69, 9.17) is 4.74 Å². The number of amides is 1. The molecule has 2 aromatic rings. The highest BCUT2D eigenvalue weighted by atomic mass is 32.2. The average molecular weight is 351 g/mol. The molecule has 1 fully saturated rings. The third kappa shape index (κ3) is 3.73. The third-order valence-electron chi connectivity index (χ3n) is 3.76. The maximum absolute atomic E-state index is 13.4. The summed E-state index contributed by atoms with van der Waals surface area (Å²) in [7, 11) is 1.61. The van der Waals surface area contributed by atoms with Crippen molar-refractivity contribution in [2.24, 2.45) is 0 Å². The molecular formula is C15H18FN5O2S. The van der Waals surface area contributed by atoms with Gasteiger partial charge in [-0.3, -0.25) is 4.79 Å². The molecule has 0 bridgehead atoms. The first-order valence-corrected chi connectivity index (χ1v) is 8.55. The molecule has 7 nitrogen and oxygen atoms in total. The van der Waals surface area contributed by atoms with Crippen molar-refractivity contribution in [3.05, 3.63) is 30.1 Å². The minimum atomic E-state index is -0.349. The number of tetrazole rings is 1. The van der Waals surface area contributed by atoms with Crippen molar-refractivity contribution in [1.29, 1.82) is 0 Å². The van der Waals surface area contributed by atoms with E-state index in [0.717, 1.165) is 12.8 Å².